The molecule has 0 fully saturated rings. The van der Waals surface area contributed by atoms with E-state index >= 15 is 0 Å². The summed E-state index contributed by atoms with van der Waals surface area (Å²) in [7, 11) is 0. The standard InChI is InChI=1S/C8H8FN5/c9-6-1-5(2-11-3-6)8(10)7-4-12-14-13-7/h1-4,8H,10H2,(H,12,13,14). The van der Waals surface area contributed by atoms with Gasteiger partial charge in [0.05, 0.1) is 18.4 Å². The quantitative estimate of drug-likeness (QED) is 0.722. The molecule has 1 atom stereocenters. The molecule has 0 bridgehead atoms. The van der Waals surface area contributed by atoms with E-state index in [0.717, 1.165) is 6.20 Å². The molecule has 14 heavy (non-hydrogen) atoms. The van der Waals surface area contributed by atoms with Crippen molar-refractivity contribution in [2.45, 2.75) is 6.04 Å². The van der Waals surface area contributed by atoms with Crippen molar-refractivity contribution in [3.05, 3.63) is 41.7 Å². The SMILES string of the molecule is NC(c1cncc(F)c1)c1cn[nH]n1. The van der Waals surface area contributed by atoms with Crippen molar-refractivity contribution >= 4 is 0 Å². The first kappa shape index (κ1) is 8.76. The molecule has 2 aromatic heterocycles. The lowest BCUT2D eigenvalue weighted by molar-refractivity contribution is 0.615. The van der Waals surface area contributed by atoms with Crippen LogP contribution in [-0.2, 0) is 0 Å². The zero-order valence-corrected chi connectivity index (χ0v) is 7.18. The molecule has 0 amide bonds. The minimum absolute atomic E-state index is 0.415. The topological polar surface area (TPSA) is 80.5 Å². The van der Waals surface area contributed by atoms with Gasteiger partial charge in [0.25, 0.3) is 0 Å². The Morgan fingerprint density at radius 2 is 2.21 bits per heavy atom. The van der Waals surface area contributed by atoms with Crippen molar-refractivity contribution in [2.75, 3.05) is 0 Å². The van der Waals surface area contributed by atoms with E-state index in [9.17, 15) is 4.39 Å². The number of nitrogens with zero attached hydrogens (tertiary/aromatic N) is 3. The van der Waals surface area contributed by atoms with Gasteiger partial charge in [-0.2, -0.15) is 15.4 Å². The zero-order valence-electron chi connectivity index (χ0n) is 7.18. The Morgan fingerprint density at radius 1 is 1.36 bits per heavy atom. The highest BCUT2D eigenvalue weighted by atomic mass is 19.1. The van der Waals surface area contributed by atoms with Crippen molar-refractivity contribution in [3.8, 4) is 0 Å². The van der Waals surface area contributed by atoms with Crippen molar-refractivity contribution in [2.24, 2.45) is 5.73 Å². The number of aromatic amines is 1. The van der Waals surface area contributed by atoms with E-state index in [0.29, 0.717) is 11.3 Å². The van der Waals surface area contributed by atoms with Crippen LogP contribution in [0, 0.1) is 5.82 Å². The molecule has 72 valence electrons. The van der Waals surface area contributed by atoms with Gasteiger partial charge in [-0.05, 0) is 11.6 Å². The first-order valence-corrected chi connectivity index (χ1v) is 3.99. The second-order valence-electron chi connectivity index (χ2n) is 2.81. The summed E-state index contributed by atoms with van der Waals surface area (Å²) < 4.78 is 12.8. The monoisotopic (exact) mass is 193 g/mol. The largest absolute Gasteiger partial charge is 0.319 e. The van der Waals surface area contributed by atoms with Crippen molar-refractivity contribution in [1.29, 1.82) is 0 Å². The predicted octanol–water partition coefficient (Wildman–Crippen LogP) is 0.387. The van der Waals surface area contributed by atoms with Gasteiger partial charge in [0, 0.05) is 6.20 Å². The normalized spacial score (nSPS) is 12.7. The number of nitrogens with one attached hydrogen (secondary N) is 1. The lowest BCUT2D eigenvalue weighted by Gasteiger charge is -2.07. The van der Waals surface area contributed by atoms with E-state index in [2.05, 4.69) is 20.4 Å². The molecule has 0 radical (unpaired) electrons. The maximum Gasteiger partial charge on any atom is 0.141 e. The van der Waals surface area contributed by atoms with E-state index in [1.165, 1.54) is 18.5 Å². The van der Waals surface area contributed by atoms with Crippen LogP contribution in [0.5, 0.6) is 0 Å². The van der Waals surface area contributed by atoms with Gasteiger partial charge in [0.1, 0.15) is 11.5 Å². The fraction of sp³-hybridized carbons (Fsp3) is 0.125. The second kappa shape index (κ2) is 3.51. The molecule has 0 saturated heterocycles. The first-order valence-electron chi connectivity index (χ1n) is 3.99. The van der Waals surface area contributed by atoms with Gasteiger partial charge in [-0.15, -0.1) is 0 Å². The first-order chi connectivity index (χ1) is 6.77. The molecule has 2 aromatic rings. The van der Waals surface area contributed by atoms with Crippen LogP contribution >= 0.6 is 0 Å². The lowest BCUT2D eigenvalue weighted by Crippen LogP contribution is -2.12. The third-order valence-corrected chi connectivity index (χ3v) is 1.84. The molecule has 0 aliphatic heterocycles. The van der Waals surface area contributed by atoms with Gasteiger partial charge < -0.3 is 5.73 Å². The molecular formula is C8H8FN5. The van der Waals surface area contributed by atoms with E-state index in [-0.39, 0.29) is 0 Å². The van der Waals surface area contributed by atoms with Gasteiger partial charge in [0.15, 0.2) is 0 Å². The van der Waals surface area contributed by atoms with Crippen LogP contribution < -0.4 is 5.73 Å². The van der Waals surface area contributed by atoms with Gasteiger partial charge in [-0.1, -0.05) is 0 Å². The highest BCUT2D eigenvalue weighted by Crippen LogP contribution is 2.15. The maximum atomic E-state index is 12.8. The number of nitrogens with two attached hydrogens (primary N) is 1. The van der Waals surface area contributed by atoms with Gasteiger partial charge in [-0.3, -0.25) is 4.98 Å². The van der Waals surface area contributed by atoms with E-state index < -0.39 is 11.9 Å². The Bertz CT molecular complexity index is 413. The molecule has 3 N–H and O–H groups in total. The molecule has 0 saturated carbocycles. The molecule has 0 spiro atoms. The van der Waals surface area contributed by atoms with E-state index in [4.69, 9.17) is 5.73 Å². The number of rotatable bonds is 2. The summed E-state index contributed by atoms with van der Waals surface area (Å²) in [5, 5.41) is 9.87. The van der Waals surface area contributed by atoms with Gasteiger partial charge >= 0.3 is 0 Å². The number of halogens is 1. The number of H-pyrrole nitrogens is 1. The minimum Gasteiger partial charge on any atom is -0.319 e. The Hall–Kier alpha value is -1.82. The molecule has 0 aromatic carbocycles. The third-order valence-electron chi connectivity index (χ3n) is 1.84. The number of hydrogen-bond donors (Lipinski definition) is 2. The Balaban J connectivity index is 2.32. The number of hydrogen-bond acceptors (Lipinski definition) is 4. The van der Waals surface area contributed by atoms with Crippen LogP contribution in [0.25, 0.3) is 0 Å². The average Bonchev–Trinajstić information content (AvgIpc) is 2.69. The zero-order chi connectivity index (χ0) is 9.97. The molecular weight excluding hydrogens is 185 g/mol. The van der Waals surface area contributed by atoms with E-state index in [1.54, 1.807) is 0 Å². The molecule has 2 heterocycles. The van der Waals surface area contributed by atoms with Crippen molar-refractivity contribution in [1.82, 2.24) is 20.4 Å². The smallest absolute Gasteiger partial charge is 0.141 e. The minimum atomic E-state index is -0.503. The third kappa shape index (κ3) is 1.60. The number of aromatic nitrogens is 4. The Kier molecular flexibility index (Phi) is 2.19. The highest BCUT2D eigenvalue weighted by molar-refractivity contribution is 5.22. The van der Waals surface area contributed by atoms with Crippen LogP contribution in [0.15, 0.2) is 24.7 Å². The molecule has 1 unspecified atom stereocenters. The van der Waals surface area contributed by atoms with Crippen molar-refractivity contribution < 1.29 is 4.39 Å². The van der Waals surface area contributed by atoms with Crippen LogP contribution in [0.1, 0.15) is 17.3 Å². The summed E-state index contributed by atoms with van der Waals surface area (Å²) in [5.74, 6) is -0.415. The fourth-order valence-corrected chi connectivity index (χ4v) is 1.13. The number of pyridine rings is 1. The van der Waals surface area contributed by atoms with Crippen LogP contribution in [-0.4, -0.2) is 20.4 Å². The summed E-state index contributed by atoms with van der Waals surface area (Å²) in [6.45, 7) is 0. The van der Waals surface area contributed by atoms with Crippen molar-refractivity contribution in [3.63, 3.8) is 0 Å². The predicted molar refractivity (Wildman–Crippen MR) is 46.6 cm³/mol. The Morgan fingerprint density at radius 3 is 2.86 bits per heavy atom. The van der Waals surface area contributed by atoms with Gasteiger partial charge in [-0.25, -0.2) is 4.39 Å². The van der Waals surface area contributed by atoms with Crippen LogP contribution in [0.4, 0.5) is 4.39 Å². The van der Waals surface area contributed by atoms with Gasteiger partial charge in [0.2, 0.25) is 0 Å². The van der Waals surface area contributed by atoms with Crippen LogP contribution in [0.3, 0.4) is 0 Å². The summed E-state index contributed by atoms with van der Waals surface area (Å²) in [4.78, 5) is 3.70. The molecule has 0 aliphatic carbocycles. The Labute approximate surface area is 79.2 Å². The fourth-order valence-electron chi connectivity index (χ4n) is 1.13. The van der Waals surface area contributed by atoms with Crippen LogP contribution in [0.2, 0.25) is 0 Å². The summed E-state index contributed by atoms with van der Waals surface area (Å²) in [6.07, 6.45) is 4.12. The molecule has 0 aliphatic rings. The summed E-state index contributed by atoms with van der Waals surface area (Å²) in [5.41, 5.74) is 6.92. The molecule has 6 heteroatoms. The van der Waals surface area contributed by atoms with E-state index in [1.807, 2.05) is 0 Å². The molecule has 2 rings (SSSR count). The summed E-state index contributed by atoms with van der Waals surface area (Å²) >= 11 is 0. The maximum absolute atomic E-state index is 12.8. The average molecular weight is 193 g/mol. The summed E-state index contributed by atoms with van der Waals surface area (Å²) in [6, 6.07) is 0.823. The highest BCUT2D eigenvalue weighted by Gasteiger charge is 2.12. The second-order valence-corrected chi connectivity index (χ2v) is 2.81. The lowest BCUT2D eigenvalue weighted by atomic mass is 10.1. The molecule has 5 nitrogen and oxygen atoms in total.